The minimum Gasteiger partial charge on any atom is -0.488 e. The zero-order chi connectivity index (χ0) is 17.6. The lowest BCUT2D eigenvalue weighted by Crippen LogP contribution is -2.32. The molecule has 1 fully saturated rings. The van der Waals surface area contributed by atoms with Gasteiger partial charge in [-0.3, -0.25) is 4.90 Å². The van der Waals surface area contributed by atoms with E-state index in [1.807, 2.05) is 36.4 Å². The van der Waals surface area contributed by atoms with Gasteiger partial charge in [0.15, 0.2) is 0 Å². The van der Waals surface area contributed by atoms with Gasteiger partial charge in [-0.15, -0.1) is 0 Å². The highest BCUT2D eigenvalue weighted by Gasteiger charge is 2.18. The highest BCUT2D eigenvalue weighted by molar-refractivity contribution is 5.91. The molecule has 2 aromatic rings. The molecule has 0 unspecified atom stereocenters. The van der Waals surface area contributed by atoms with E-state index in [1.54, 1.807) is 12.1 Å². The van der Waals surface area contributed by atoms with Gasteiger partial charge in [-0.05, 0) is 55.1 Å². The number of piperidine rings is 1. The average molecular weight is 339 g/mol. The molecule has 1 aliphatic heterocycles. The molecule has 1 saturated heterocycles. The van der Waals surface area contributed by atoms with Gasteiger partial charge in [0.25, 0.3) is 0 Å². The SMILES string of the molecule is CC1CCN(Cc2ccc(OCc3ccccc3)c(C(=O)O)c2)CC1. The van der Waals surface area contributed by atoms with Gasteiger partial charge < -0.3 is 9.84 Å². The van der Waals surface area contributed by atoms with Crippen LogP contribution in [0.4, 0.5) is 0 Å². The standard InChI is InChI=1S/C21H25NO3/c1-16-9-11-22(12-10-16)14-18-7-8-20(19(13-18)21(23)24)25-15-17-5-3-2-4-6-17/h2-8,13,16H,9-12,14-15H2,1H3,(H,23,24). The first-order valence-electron chi connectivity index (χ1n) is 8.87. The molecule has 25 heavy (non-hydrogen) atoms. The van der Waals surface area contributed by atoms with E-state index < -0.39 is 5.97 Å². The first-order valence-corrected chi connectivity index (χ1v) is 8.87. The fraction of sp³-hybridized carbons (Fsp3) is 0.381. The van der Waals surface area contributed by atoms with E-state index in [2.05, 4.69) is 11.8 Å². The van der Waals surface area contributed by atoms with Gasteiger partial charge in [-0.25, -0.2) is 4.79 Å². The minimum atomic E-state index is -0.947. The van der Waals surface area contributed by atoms with Crippen LogP contribution in [0.25, 0.3) is 0 Å². The zero-order valence-corrected chi connectivity index (χ0v) is 14.6. The molecule has 2 aromatic carbocycles. The van der Waals surface area contributed by atoms with Gasteiger partial charge in [-0.2, -0.15) is 0 Å². The minimum absolute atomic E-state index is 0.235. The molecule has 0 aromatic heterocycles. The monoisotopic (exact) mass is 339 g/mol. The van der Waals surface area contributed by atoms with Crippen molar-refractivity contribution in [3.8, 4) is 5.75 Å². The molecule has 0 atom stereocenters. The summed E-state index contributed by atoms with van der Waals surface area (Å²) < 4.78 is 5.75. The molecule has 1 heterocycles. The topological polar surface area (TPSA) is 49.8 Å². The number of nitrogens with zero attached hydrogens (tertiary/aromatic N) is 1. The van der Waals surface area contributed by atoms with Crippen molar-refractivity contribution in [2.45, 2.75) is 32.9 Å². The normalized spacial score (nSPS) is 15.9. The molecule has 0 bridgehead atoms. The zero-order valence-electron chi connectivity index (χ0n) is 14.6. The molecule has 4 heteroatoms. The third-order valence-electron chi connectivity index (χ3n) is 4.79. The van der Waals surface area contributed by atoms with E-state index in [0.717, 1.165) is 36.7 Å². The van der Waals surface area contributed by atoms with E-state index >= 15 is 0 Å². The van der Waals surface area contributed by atoms with Gasteiger partial charge in [0, 0.05) is 6.54 Å². The maximum atomic E-state index is 11.6. The molecular weight excluding hydrogens is 314 g/mol. The third-order valence-corrected chi connectivity index (χ3v) is 4.79. The lowest BCUT2D eigenvalue weighted by Gasteiger charge is -2.30. The molecule has 0 radical (unpaired) electrons. The summed E-state index contributed by atoms with van der Waals surface area (Å²) in [5.74, 6) is 0.268. The number of carboxylic acid groups (broad SMARTS) is 1. The third kappa shape index (κ3) is 4.83. The van der Waals surface area contributed by atoms with Crippen LogP contribution in [0.1, 0.15) is 41.3 Å². The summed E-state index contributed by atoms with van der Waals surface area (Å²) in [6.45, 7) is 5.61. The van der Waals surface area contributed by atoms with Crippen molar-refractivity contribution in [2.75, 3.05) is 13.1 Å². The Balaban J connectivity index is 1.68. The first-order chi connectivity index (χ1) is 12.1. The van der Waals surface area contributed by atoms with Crippen LogP contribution in [0, 0.1) is 5.92 Å². The summed E-state index contributed by atoms with van der Waals surface area (Å²) in [5.41, 5.74) is 2.28. The van der Waals surface area contributed by atoms with Gasteiger partial charge in [0.05, 0.1) is 0 Å². The summed E-state index contributed by atoms with van der Waals surface area (Å²) in [6.07, 6.45) is 2.42. The number of carboxylic acids is 1. The van der Waals surface area contributed by atoms with Crippen LogP contribution in [0.3, 0.4) is 0 Å². The van der Waals surface area contributed by atoms with Crippen molar-refractivity contribution < 1.29 is 14.6 Å². The Hall–Kier alpha value is -2.33. The van der Waals surface area contributed by atoms with Crippen molar-refractivity contribution in [3.63, 3.8) is 0 Å². The number of ether oxygens (including phenoxy) is 1. The Kier molecular flexibility index (Phi) is 5.71. The van der Waals surface area contributed by atoms with E-state index in [1.165, 1.54) is 12.8 Å². The van der Waals surface area contributed by atoms with Crippen molar-refractivity contribution in [3.05, 3.63) is 65.2 Å². The predicted octanol–water partition coefficient (Wildman–Crippen LogP) is 4.20. The summed E-state index contributed by atoms with van der Waals surface area (Å²) in [6, 6.07) is 15.3. The molecule has 0 saturated carbocycles. The van der Waals surface area contributed by atoms with Gasteiger partial charge >= 0.3 is 5.97 Å². The second-order valence-electron chi connectivity index (χ2n) is 6.87. The molecule has 4 nitrogen and oxygen atoms in total. The van der Waals surface area contributed by atoms with Gasteiger partial charge in [0.1, 0.15) is 17.9 Å². The number of benzene rings is 2. The number of carbonyl (C=O) groups is 1. The summed E-state index contributed by atoms with van der Waals surface area (Å²) in [5, 5.41) is 9.53. The summed E-state index contributed by atoms with van der Waals surface area (Å²) in [4.78, 5) is 14.0. The molecule has 3 rings (SSSR count). The maximum Gasteiger partial charge on any atom is 0.339 e. The van der Waals surface area contributed by atoms with Crippen LogP contribution in [-0.2, 0) is 13.2 Å². The molecule has 0 spiro atoms. The van der Waals surface area contributed by atoms with Crippen molar-refractivity contribution in [2.24, 2.45) is 5.92 Å². The molecule has 132 valence electrons. The molecular formula is C21H25NO3. The highest BCUT2D eigenvalue weighted by Crippen LogP contribution is 2.24. The van der Waals surface area contributed by atoms with Crippen LogP contribution in [0.5, 0.6) is 5.75 Å². The smallest absolute Gasteiger partial charge is 0.339 e. The number of rotatable bonds is 6. The van der Waals surface area contributed by atoms with Gasteiger partial charge in [-0.1, -0.05) is 43.3 Å². The molecule has 1 N–H and O–H groups in total. The van der Waals surface area contributed by atoms with Crippen LogP contribution in [0.2, 0.25) is 0 Å². The number of hydrogen-bond donors (Lipinski definition) is 1. The lowest BCUT2D eigenvalue weighted by molar-refractivity contribution is 0.0691. The first kappa shape index (κ1) is 17.5. The highest BCUT2D eigenvalue weighted by atomic mass is 16.5. The summed E-state index contributed by atoms with van der Waals surface area (Å²) >= 11 is 0. The Morgan fingerprint density at radius 2 is 1.84 bits per heavy atom. The van der Waals surface area contributed by atoms with E-state index in [4.69, 9.17) is 4.74 Å². The summed E-state index contributed by atoms with van der Waals surface area (Å²) in [7, 11) is 0. The largest absolute Gasteiger partial charge is 0.488 e. The van der Waals surface area contributed by atoms with Crippen LogP contribution >= 0.6 is 0 Å². The van der Waals surface area contributed by atoms with Crippen molar-refractivity contribution >= 4 is 5.97 Å². The van der Waals surface area contributed by atoms with Crippen LogP contribution in [0.15, 0.2) is 48.5 Å². The van der Waals surface area contributed by atoms with Crippen LogP contribution < -0.4 is 4.74 Å². The van der Waals surface area contributed by atoms with E-state index in [0.29, 0.717) is 12.4 Å². The predicted molar refractivity (Wildman–Crippen MR) is 97.9 cm³/mol. The Morgan fingerprint density at radius 1 is 1.12 bits per heavy atom. The Bertz CT molecular complexity index is 706. The fourth-order valence-electron chi connectivity index (χ4n) is 3.18. The second-order valence-corrected chi connectivity index (χ2v) is 6.87. The number of likely N-dealkylation sites (tertiary alicyclic amines) is 1. The molecule has 1 aliphatic rings. The average Bonchev–Trinajstić information content (AvgIpc) is 2.63. The Morgan fingerprint density at radius 3 is 2.52 bits per heavy atom. The lowest BCUT2D eigenvalue weighted by atomic mass is 9.98. The molecule has 0 aliphatic carbocycles. The van der Waals surface area contributed by atoms with Crippen molar-refractivity contribution in [1.82, 2.24) is 4.90 Å². The fourth-order valence-corrected chi connectivity index (χ4v) is 3.18. The molecule has 0 amide bonds. The maximum absolute atomic E-state index is 11.6. The van der Waals surface area contributed by atoms with E-state index in [-0.39, 0.29) is 5.56 Å². The Labute approximate surface area is 149 Å². The number of aromatic carboxylic acids is 1. The van der Waals surface area contributed by atoms with Gasteiger partial charge in [0.2, 0.25) is 0 Å². The second kappa shape index (κ2) is 8.17. The van der Waals surface area contributed by atoms with Crippen molar-refractivity contribution in [1.29, 1.82) is 0 Å². The van der Waals surface area contributed by atoms with Crippen LogP contribution in [-0.4, -0.2) is 29.1 Å². The quantitative estimate of drug-likeness (QED) is 0.857. The number of hydrogen-bond acceptors (Lipinski definition) is 3. The van der Waals surface area contributed by atoms with E-state index in [9.17, 15) is 9.90 Å².